The van der Waals surface area contributed by atoms with Gasteiger partial charge in [0.1, 0.15) is 6.61 Å². The van der Waals surface area contributed by atoms with E-state index in [1.54, 1.807) is 0 Å². The van der Waals surface area contributed by atoms with Crippen LogP contribution in [0.2, 0.25) is 0 Å². The summed E-state index contributed by atoms with van der Waals surface area (Å²) in [6.45, 7) is 0.147. The zero-order valence-electron chi connectivity index (χ0n) is 11.1. The summed E-state index contributed by atoms with van der Waals surface area (Å²) in [5.74, 6) is 0. The zero-order chi connectivity index (χ0) is 14.6. The first-order valence-electron chi connectivity index (χ1n) is 6.71. The molecule has 1 aliphatic rings. The highest BCUT2D eigenvalue weighted by Gasteiger charge is 2.33. The molecule has 0 saturated heterocycles. The van der Waals surface area contributed by atoms with Crippen LogP contribution >= 0.6 is 0 Å². The Morgan fingerprint density at radius 2 is 1.85 bits per heavy atom. The normalized spacial score (nSPS) is 19.4. The molecule has 1 aromatic rings. The second kappa shape index (κ2) is 5.95. The van der Waals surface area contributed by atoms with Gasteiger partial charge in [-0.3, -0.25) is 0 Å². The third kappa shape index (κ3) is 4.06. The van der Waals surface area contributed by atoms with Gasteiger partial charge in [-0.15, -0.1) is 0 Å². The summed E-state index contributed by atoms with van der Waals surface area (Å²) in [6.07, 6.45) is 2.48. The SMILES string of the molecule is NC1(COc2nccc(C(F)(F)F)n2)CCCCCC1. The fourth-order valence-corrected chi connectivity index (χ4v) is 2.35. The molecule has 0 amide bonds. The van der Waals surface area contributed by atoms with Crippen molar-refractivity contribution in [2.24, 2.45) is 5.73 Å². The molecule has 112 valence electrons. The lowest BCUT2D eigenvalue weighted by atomic mass is 9.93. The first-order chi connectivity index (χ1) is 9.39. The molecule has 0 unspecified atom stereocenters. The van der Waals surface area contributed by atoms with E-state index < -0.39 is 17.4 Å². The minimum atomic E-state index is -4.50. The van der Waals surface area contributed by atoms with Gasteiger partial charge in [-0.2, -0.15) is 18.2 Å². The van der Waals surface area contributed by atoms with E-state index in [4.69, 9.17) is 10.5 Å². The van der Waals surface area contributed by atoms with E-state index in [9.17, 15) is 13.2 Å². The smallest absolute Gasteiger partial charge is 0.433 e. The maximum Gasteiger partial charge on any atom is 0.433 e. The molecular weight excluding hydrogens is 271 g/mol. The lowest BCUT2D eigenvalue weighted by Gasteiger charge is -2.27. The number of aromatic nitrogens is 2. The maximum absolute atomic E-state index is 12.5. The molecule has 0 aliphatic heterocycles. The lowest BCUT2D eigenvalue weighted by molar-refractivity contribution is -0.141. The summed E-state index contributed by atoms with van der Waals surface area (Å²) in [5.41, 5.74) is 4.73. The van der Waals surface area contributed by atoms with Crippen molar-refractivity contribution in [3.63, 3.8) is 0 Å². The second-order valence-corrected chi connectivity index (χ2v) is 5.29. The van der Waals surface area contributed by atoms with Gasteiger partial charge < -0.3 is 10.5 Å². The summed E-state index contributed by atoms with van der Waals surface area (Å²) in [6, 6.07) is 0.547. The molecule has 1 aromatic heterocycles. The van der Waals surface area contributed by atoms with Crippen molar-refractivity contribution >= 4 is 0 Å². The van der Waals surface area contributed by atoms with E-state index in [-0.39, 0.29) is 12.6 Å². The molecule has 0 spiro atoms. The van der Waals surface area contributed by atoms with E-state index in [0.717, 1.165) is 50.8 Å². The van der Waals surface area contributed by atoms with Crippen LogP contribution < -0.4 is 10.5 Å². The van der Waals surface area contributed by atoms with E-state index in [1.807, 2.05) is 0 Å². The first kappa shape index (κ1) is 15.0. The Hall–Kier alpha value is -1.37. The molecule has 7 heteroatoms. The number of nitrogens with two attached hydrogens (primary N) is 1. The molecular formula is C13H18F3N3O. The summed E-state index contributed by atoms with van der Waals surface area (Å²) in [4.78, 5) is 7.07. The number of hydrogen-bond donors (Lipinski definition) is 1. The van der Waals surface area contributed by atoms with Crippen LogP contribution in [0.15, 0.2) is 12.3 Å². The van der Waals surface area contributed by atoms with Crippen molar-refractivity contribution in [2.45, 2.75) is 50.2 Å². The Kier molecular flexibility index (Phi) is 4.47. The number of nitrogens with zero attached hydrogens (tertiary/aromatic N) is 2. The van der Waals surface area contributed by atoms with Crippen LogP contribution in [0, 0.1) is 0 Å². The quantitative estimate of drug-likeness (QED) is 0.869. The maximum atomic E-state index is 12.5. The number of hydrogen-bond acceptors (Lipinski definition) is 4. The number of ether oxygens (including phenoxy) is 1. The topological polar surface area (TPSA) is 61.0 Å². The van der Waals surface area contributed by atoms with Crippen LogP contribution in [0.5, 0.6) is 6.01 Å². The molecule has 4 nitrogen and oxygen atoms in total. The average Bonchev–Trinajstić information content (AvgIpc) is 2.61. The Labute approximate surface area is 115 Å². The zero-order valence-corrected chi connectivity index (χ0v) is 11.1. The van der Waals surface area contributed by atoms with Crippen LogP contribution in [-0.2, 0) is 6.18 Å². The molecule has 1 aliphatic carbocycles. The van der Waals surface area contributed by atoms with Crippen LogP contribution in [0.4, 0.5) is 13.2 Å². The van der Waals surface area contributed by atoms with Gasteiger partial charge in [0.2, 0.25) is 0 Å². The molecule has 20 heavy (non-hydrogen) atoms. The van der Waals surface area contributed by atoms with E-state index >= 15 is 0 Å². The monoisotopic (exact) mass is 289 g/mol. The minimum absolute atomic E-state index is 0.147. The third-order valence-electron chi connectivity index (χ3n) is 3.51. The van der Waals surface area contributed by atoms with Crippen molar-refractivity contribution in [2.75, 3.05) is 6.61 Å². The van der Waals surface area contributed by atoms with E-state index in [1.165, 1.54) is 0 Å². The molecule has 2 rings (SSSR count). The molecule has 1 fully saturated rings. The van der Waals surface area contributed by atoms with Gasteiger partial charge in [0, 0.05) is 6.20 Å². The van der Waals surface area contributed by atoms with Crippen LogP contribution in [0.25, 0.3) is 0 Å². The second-order valence-electron chi connectivity index (χ2n) is 5.29. The predicted molar refractivity (Wildman–Crippen MR) is 67.1 cm³/mol. The van der Waals surface area contributed by atoms with E-state index in [2.05, 4.69) is 9.97 Å². The van der Waals surface area contributed by atoms with Gasteiger partial charge in [-0.05, 0) is 18.9 Å². The summed E-state index contributed by atoms with van der Waals surface area (Å²) < 4.78 is 42.9. The number of rotatable bonds is 3. The van der Waals surface area contributed by atoms with Crippen LogP contribution in [-0.4, -0.2) is 22.1 Å². The number of halogens is 3. The lowest BCUT2D eigenvalue weighted by Crippen LogP contribution is -2.45. The molecule has 0 bridgehead atoms. The molecule has 1 saturated carbocycles. The van der Waals surface area contributed by atoms with Crippen molar-refractivity contribution < 1.29 is 17.9 Å². The summed E-state index contributed by atoms with van der Waals surface area (Å²) in [7, 11) is 0. The van der Waals surface area contributed by atoms with Gasteiger partial charge in [0.05, 0.1) is 5.54 Å². The van der Waals surface area contributed by atoms with Crippen molar-refractivity contribution in [3.8, 4) is 6.01 Å². The van der Waals surface area contributed by atoms with Crippen molar-refractivity contribution in [3.05, 3.63) is 18.0 Å². The first-order valence-corrected chi connectivity index (χ1v) is 6.71. The van der Waals surface area contributed by atoms with Crippen LogP contribution in [0.3, 0.4) is 0 Å². The molecule has 1 heterocycles. The van der Waals surface area contributed by atoms with E-state index in [0.29, 0.717) is 0 Å². The fraction of sp³-hybridized carbons (Fsp3) is 0.692. The summed E-state index contributed by atoms with van der Waals surface area (Å²) in [5, 5.41) is 0. The Morgan fingerprint density at radius 3 is 2.45 bits per heavy atom. The summed E-state index contributed by atoms with van der Waals surface area (Å²) >= 11 is 0. The fourth-order valence-electron chi connectivity index (χ4n) is 2.35. The highest BCUT2D eigenvalue weighted by Crippen LogP contribution is 2.29. The Bertz CT molecular complexity index is 443. The molecule has 0 radical (unpaired) electrons. The largest absolute Gasteiger partial charge is 0.461 e. The Morgan fingerprint density at radius 1 is 1.20 bits per heavy atom. The van der Waals surface area contributed by atoms with Crippen molar-refractivity contribution in [1.29, 1.82) is 0 Å². The number of alkyl halides is 3. The molecule has 0 atom stereocenters. The third-order valence-corrected chi connectivity index (χ3v) is 3.51. The highest BCUT2D eigenvalue weighted by atomic mass is 19.4. The predicted octanol–water partition coefficient (Wildman–Crippen LogP) is 2.93. The Balaban J connectivity index is 1.99. The average molecular weight is 289 g/mol. The minimum Gasteiger partial charge on any atom is -0.461 e. The molecule has 0 aromatic carbocycles. The van der Waals surface area contributed by atoms with Gasteiger partial charge in [0.25, 0.3) is 0 Å². The van der Waals surface area contributed by atoms with Gasteiger partial charge in [-0.25, -0.2) is 4.98 Å². The highest BCUT2D eigenvalue weighted by molar-refractivity contribution is 5.09. The van der Waals surface area contributed by atoms with Crippen molar-refractivity contribution in [1.82, 2.24) is 9.97 Å². The van der Waals surface area contributed by atoms with Gasteiger partial charge in [-0.1, -0.05) is 25.7 Å². The van der Waals surface area contributed by atoms with Gasteiger partial charge in [0.15, 0.2) is 5.69 Å². The van der Waals surface area contributed by atoms with Crippen LogP contribution in [0.1, 0.15) is 44.2 Å². The van der Waals surface area contributed by atoms with Gasteiger partial charge >= 0.3 is 12.2 Å². The standard InChI is InChI=1S/C13H18F3N3O/c14-13(15,16)10-5-8-18-11(19-10)20-9-12(17)6-3-1-2-4-7-12/h5,8H,1-4,6-7,9,17H2. The molecule has 2 N–H and O–H groups in total.